The van der Waals surface area contributed by atoms with E-state index in [0.29, 0.717) is 12.6 Å². The molecule has 1 aliphatic rings. The molecule has 104 valence electrons. The third-order valence-corrected chi connectivity index (χ3v) is 3.33. The molecule has 1 unspecified atom stereocenters. The van der Waals surface area contributed by atoms with Gasteiger partial charge in [0.2, 0.25) is 5.91 Å². The maximum atomic E-state index is 11.7. The monoisotopic (exact) mass is 262 g/mol. The smallest absolute Gasteiger partial charge is 0.243 e. The Balaban J connectivity index is 1.81. The van der Waals surface area contributed by atoms with Crippen molar-refractivity contribution >= 4 is 5.91 Å². The number of nitrogens with one attached hydrogen (secondary N) is 1. The largest absolute Gasteiger partial charge is 0.350 e. The van der Waals surface area contributed by atoms with E-state index in [1.54, 1.807) is 6.08 Å². The van der Waals surface area contributed by atoms with Crippen molar-refractivity contribution in [1.82, 2.24) is 19.8 Å². The Kier molecular flexibility index (Phi) is 4.74. The van der Waals surface area contributed by atoms with E-state index in [1.165, 1.54) is 0 Å². The highest BCUT2D eigenvalue weighted by Crippen LogP contribution is 2.22. The second kappa shape index (κ2) is 6.52. The van der Waals surface area contributed by atoms with Gasteiger partial charge in [-0.2, -0.15) is 0 Å². The van der Waals surface area contributed by atoms with Crippen LogP contribution in [-0.4, -0.2) is 47.5 Å². The van der Waals surface area contributed by atoms with Gasteiger partial charge in [-0.1, -0.05) is 6.08 Å². The van der Waals surface area contributed by atoms with Gasteiger partial charge in [-0.25, -0.2) is 4.98 Å². The van der Waals surface area contributed by atoms with Crippen LogP contribution >= 0.6 is 0 Å². The van der Waals surface area contributed by atoms with Crippen molar-refractivity contribution in [2.45, 2.75) is 25.3 Å². The van der Waals surface area contributed by atoms with Crippen molar-refractivity contribution in [1.29, 1.82) is 0 Å². The van der Waals surface area contributed by atoms with Gasteiger partial charge in [0.25, 0.3) is 0 Å². The Morgan fingerprint density at radius 2 is 2.47 bits per heavy atom. The minimum atomic E-state index is -0.0194. The zero-order valence-corrected chi connectivity index (χ0v) is 11.7. The van der Waals surface area contributed by atoms with Crippen LogP contribution in [0.15, 0.2) is 24.5 Å². The first-order valence-corrected chi connectivity index (χ1v) is 6.77. The molecule has 0 spiro atoms. The summed E-state index contributed by atoms with van der Waals surface area (Å²) < 4.78 is 2.19. The van der Waals surface area contributed by atoms with E-state index in [2.05, 4.69) is 14.9 Å². The minimum absolute atomic E-state index is 0.0194. The quantitative estimate of drug-likeness (QED) is 0.805. The van der Waals surface area contributed by atoms with Crippen molar-refractivity contribution in [2.24, 2.45) is 0 Å². The van der Waals surface area contributed by atoms with Gasteiger partial charge in [0.15, 0.2) is 0 Å². The summed E-state index contributed by atoms with van der Waals surface area (Å²) >= 11 is 0. The average molecular weight is 262 g/mol. The normalized spacial score (nSPS) is 18.8. The van der Waals surface area contributed by atoms with Gasteiger partial charge in [-0.3, -0.25) is 4.79 Å². The van der Waals surface area contributed by atoms with Gasteiger partial charge in [-0.15, -0.1) is 0 Å². The third kappa shape index (κ3) is 3.92. The number of fused-ring (bicyclic) bond motifs is 1. The zero-order chi connectivity index (χ0) is 13.7. The number of rotatable bonds is 5. The van der Waals surface area contributed by atoms with Gasteiger partial charge in [0.05, 0.1) is 6.04 Å². The second-order valence-electron chi connectivity index (χ2n) is 5.21. The number of amides is 1. The summed E-state index contributed by atoms with van der Waals surface area (Å²) in [6.45, 7) is 1.46. The number of hydrogen-bond donors (Lipinski definition) is 1. The fourth-order valence-corrected chi connectivity index (χ4v) is 2.35. The summed E-state index contributed by atoms with van der Waals surface area (Å²) in [5.41, 5.74) is 0. The summed E-state index contributed by atoms with van der Waals surface area (Å²) in [4.78, 5) is 18.0. The van der Waals surface area contributed by atoms with E-state index in [4.69, 9.17) is 0 Å². The van der Waals surface area contributed by atoms with Crippen molar-refractivity contribution < 1.29 is 4.79 Å². The second-order valence-corrected chi connectivity index (χ2v) is 5.21. The van der Waals surface area contributed by atoms with Crippen LogP contribution in [0.1, 0.15) is 24.7 Å². The molecule has 0 saturated carbocycles. The fraction of sp³-hybridized carbons (Fsp3) is 0.571. The van der Waals surface area contributed by atoms with Crippen LogP contribution in [0.25, 0.3) is 0 Å². The Bertz CT molecular complexity index is 450. The van der Waals surface area contributed by atoms with Crippen LogP contribution < -0.4 is 5.32 Å². The molecule has 1 N–H and O–H groups in total. The zero-order valence-electron chi connectivity index (χ0n) is 11.7. The molecule has 19 heavy (non-hydrogen) atoms. The van der Waals surface area contributed by atoms with Gasteiger partial charge >= 0.3 is 0 Å². The lowest BCUT2D eigenvalue weighted by Gasteiger charge is -2.25. The fourth-order valence-electron chi connectivity index (χ4n) is 2.35. The first-order chi connectivity index (χ1) is 9.16. The number of carbonyl (C=O) groups excluding carboxylic acids is 1. The van der Waals surface area contributed by atoms with E-state index in [9.17, 15) is 4.79 Å². The summed E-state index contributed by atoms with van der Waals surface area (Å²) in [6, 6.07) is 0.345. The molecular formula is C14H22N4O. The number of carbonyl (C=O) groups is 1. The maximum absolute atomic E-state index is 11.7. The summed E-state index contributed by atoms with van der Waals surface area (Å²) in [5, 5.41) is 2.96. The molecule has 1 atom stereocenters. The standard InChI is InChI=1S/C14H22N4O/c1-17(2)9-4-7-14(19)16-11-12-5-3-6-13-15-8-10-18(12)13/h4,7-8,10,12H,3,5-6,9,11H2,1-2H3,(H,16,19)/b7-4+. The minimum Gasteiger partial charge on any atom is -0.350 e. The molecule has 0 saturated heterocycles. The van der Waals surface area contributed by atoms with E-state index in [1.807, 2.05) is 37.5 Å². The first kappa shape index (κ1) is 13.8. The summed E-state index contributed by atoms with van der Waals surface area (Å²) in [7, 11) is 3.95. The number of imidazole rings is 1. The first-order valence-electron chi connectivity index (χ1n) is 6.77. The highest BCUT2D eigenvalue weighted by atomic mass is 16.1. The lowest BCUT2D eigenvalue weighted by Crippen LogP contribution is -2.31. The topological polar surface area (TPSA) is 50.2 Å². The van der Waals surface area contributed by atoms with E-state index in [-0.39, 0.29) is 5.91 Å². The van der Waals surface area contributed by atoms with Crippen LogP contribution in [0.4, 0.5) is 0 Å². The Hall–Kier alpha value is -1.62. The van der Waals surface area contributed by atoms with Crippen LogP contribution in [0.3, 0.4) is 0 Å². The summed E-state index contributed by atoms with van der Waals surface area (Å²) in [6.07, 6.45) is 10.6. The van der Waals surface area contributed by atoms with Gasteiger partial charge in [0.1, 0.15) is 5.82 Å². The van der Waals surface area contributed by atoms with Crippen molar-refractivity contribution in [2.75, 3.05) is 27.2 Å². The lowest BCUT2D eigenvalue weighted by molar-refractivity contribution is -0.116. The molecule has 1 aromatic heterocycles. The number of hydrogen-bond acceptors (Lipinski definition) is 3. The Morgan fingerprint density at radius 1 is 1.63 bits per heavy atom. The predicted octanol–water partition coefficient (Wildman–Crippen LogP) is 0.994. The number of aryl methyl sites for hydroxylation is 1. The molecule has 0 fully saturated rings. The SMILES string of the molecule is CN(C)C/C=C/C(=O)NCC1CCCc2nccn21. The highest BCUT2D eigenvalue weighted by molar-refractivity contribution is 5.87. The summed E-state index contributed by atoms with van der Waals surface area (Å²) in [5.74, 6) is 1.11. The van der Waals surface area contributed by atoms with E-state index >= 15 is 0 Å². The van der Waals surface area contributed by atoms with Gasteiger partial charge in [-0.05, 0) is 26.9 Å². The molecule has 5 nitrogen and oxygen atoms in total. The molecule has 1 aliphatic heterocycles. The molecule has 0 bridgehead atoms. The van der Waals surface area contributed by atoms with Gasteiger partial charge < -0.3 is 14.8 Å². The molecule has 0 radical (unpaired) electrons. The number of nitrogens with zero attached hydrogens (tertiary/aromatic N) is 3. The molecular weight excluding hydrogens is 240 g/mol. The average Bonchev–Trinajstić information content (AvgIpc) is 2.84. The van der Waals surface area contributed by atoms with Crippen LogP contribution in [0.5, 0.6) is 0 Å². The number of aromatic nitrogens is 2. The Labute approximate surface area is 114 Å². The predicted molar refractivity (Wildman–Crippen MR) is 74.9 cm³/mol. The molecule has 2 rings (SSSR count). The van der Waals surface area contributed by atoms with E-state index < -0.39 is 0 Å². The van der Waals surface area contributed by atoms with Crippen molar-refractivity contribution in [3.63, 3.8) is 0 Å². The van der Waals surface area contributed by atoms with Crippen molar-refractivity contribution in [3.8, 4) is 0 Å². The molecule has 0 aromatic carbocycles. The molecule has 0 aliphatic carbocycles. The lowest BCUT2D eigenvalue weighted by atomic mass is 10.0. The van der Waals surface area contributed by atoms with E-state index in [0.717, 1.165) is 31.6 Å². The molecule has 5 heteroatoms. The van der Waals surface area contributed by atoms with Gasteiger partial charge in [0, 0.05) is 38.0 Å². The molecule has 2 heterocycles. The third-order valence-electron chi connectivity index (χ3n) is 3.33. The van der Waals surface area contributed by atoms with Crippen LogP contribution in [0.2, 0.25) is 0 Å². The maximum Gasteiger partial charge on any atom is 0.243 e. The van der Waals surface area contributed by atoms with Crippen molar-refractivity contribution in [3.05, 3.63) is 30.4 Å². The van der Waals surface area contributed by atoms with Crippen LogP contribution in [-0.2, 0) is 11.2 Å². The number of likely N-dealkylation sites (N-methyl/N-ethyl adjacent to an activating group) is 1. The van der Waals surface area contributed by atoms with Crippen LogP contribution in [0, 0.1) is 0 Å². The highest BCUT2D eigenvalue weighted by Gasteiger charge is 2.19. The molecule has 1 amide bonds. The molecule has 1 aromatic rings. The Morgan fingerprint density at radius 3 is 3.26 bits per heavy atom.